The van der Waals surface area contributed by atoms with Gasteiger partial charge < -0.3 is 0 Å². The lowest BCUT2D eigenvalue weighted by Crippen LogP contribution is -3.12. The molecule has 4 fully saturated rings. The van der Waals surface area contributed by atoms with Crippen LogP contribution in [0.5, 0.6) is 0 Å². The highest BCUT2D eigenvalue weighted by atomic mass is 19.4. The summed E-state index contributed by atoms with van der Waals surface area (Å²) < 4.78 is 381. The molecule has 0 N–H and O–H groups in total. The van der Waals surface area contributed by atoms with E-state index in [1.165, 1.54) is 0 Å². The van der Waals surface area contributed by atoms with Crippen LogP contribution in [0.4, 0.5) is 114 Å². The van der Waals surface area contributed by atoms with E-state index in [2.05, 4.69) is 0 Å². The summed E-state index contributed by atoms with van der Waals surface area (Å²) in [5.41, 5.74) is -58.9. The van der Waals surface area contributed by atoms with Crippen molar-refractivity contribution in [3.63, 3.8) is 0 Å². The maximum atomic E-state index is 16.0. The predicted octanol–water partition coefficient (Wildman–Crippen LogP) is 7.64. The van der Waals surface area contributed by atoms with Crippen molar-refractivity contribution in [2.24, 2.45) is 0 Å². The normalized spacial score (nSPS) is 52.1. The third-order valence-electron chi connectivity index (χ3n) is 8.20. The standard InChI is InChI=1S/C16F26/c17-1-2(18)5(21)9(27,28)7(23,24)3(1,19)11(31,32)15(39,40)12(33,34)4(1,20)8(25,26)10(29,30)6(2,22)14(37,38)16(41,42)13(5,35)36. The Hall–Kier alpha value is -1.82. The quantitative estimate of drug-likeness (QED) is 0.230. The van der Waals surface area contributed by atoms with Crippen LogP contribution < -0.4 is 0 Å². The molecule has 42 heavy (non-hydrogen) atoms. The van der Waals surface area contributed by atoms with Gasteiger partial charge in [-0.1, -0.05) is 0 Å². The molecule has 4 aliphatic carbocycles. The Kier molecular flexibility index (Phi) is 5.07. The second-order valence-electron chi connectivity index (χ2n) is 9.69. The molecule has 4 atom stereocenters. The Morgan fingerprint density at radius 1 is 0.119 bits per heavy atom. The molecule has 4 unspecified atom stereocenters. The van der Waals surface area contributed by atoms with Crippen molar-refractivity contribution < 1.29 is 114 Å². The zero-order valence-corrected chi connectivity index (χ0v) is 17.8. The second-order valence-corrected chi connectivity index (χ2v) is 9.69. The highest BCUT2D eigenvalue weighted by molar-refractivity contribution is 5.59. The highest BCUT2D eigenvalue weighted by Crippen LogP contribution is 2.91. The molecule has 0 saturated heterocycles. The molecule has 0 nitrogen and oxygen atoms in total. The average molecular weight is 686 g/mol. The van der Waals surface area contributed by atoms with Gasteiger partial charge in [-0.05, 0) is 0 Å². The van der Waals surface area contributed by atoms with Gasteiger partial charge in [0.1, 0.15) is 0 Å². The van der Waals surface area contributed by atoms with Gasteiger partial charge in [-0.15, -0.1) is 0 Å². The van der Waals surface area contributed by atoms with E-state index in [1.54, 1.807) is 0 Å². The molecule has 0 aromatic rings. The fourth-order valence-electron chi connectivity index (χ4n) is 6.07. The van der Waals surface area contributed by atoms with Crippen LogP contribution in [0.1, 0.15) is 0 Å². The Balaban J connectivity index is 2.58. The van der Waals surface area contributed by atoms with Crippen LogP contribution in [0.3, 0.4) is 0 Å². The van der Waals surface area contributed by atoms with Crippen molar-refractivity contribution in [1.29, 1.82) is 0 Å². The molecule has 4 saturated carbocycles. The van der Waals surface area contributed by atoms with Crippen LogP contribution in [-0.4, -0.2) is 93.2 Å². The van der Waals surface area contributed by atoms with E-state index in [1.807, 2.05) is 0 Å². The molecule has 0 aromatic carbocycles. The molecule has 0 aromatic heterocycles. The van der Waals surface area contributed by atoms with E-state index in [4.69, 9.17) is 0 Å². The molecule has 0 aliphatic heterocycles. The number of halogens is 26. The van der Waals surface area contributed by atoms with E-state index in [-0.39, 0.29) is 0 Å². The Labute approximate surface area is 208 Å². The lowest BCUT2D eigenvalue weighted by atomic mass is 9.34. The third kappa shape index (κ3) is 1.84. The number of alkyl halides is 26. The lowest BCUT2D eigenvalue weighted by molar-refractivity contribution is -0.613. The van der Waals surface area contributed by atoms with E-state index >= 15 is 26.3 Å². The number of hydrogen-bond acceptors (Lipinski definition) is 0. The average Bonchev–Trinajstić information content (AvgIpc) is 2.81. The van der Waals surface area contributed by atoms with Gasteiger partial charge in [-0.25, -0.2) is 26.3 Å². The maximum absolute atomic E-state index is 16.0. The van der Waals surface area contributed by atoms with Crippen LogP contribution in [0.15, 0.2) is 0 Å². The monoisotopic (exact) mass is 686 g/mol. The van der Waals surface area contributed by atoms with Crippen LogP contribution in [-0.2, 0) is 0 Å². The van der Waals surface area contributed by atoms with Gasteiger partial charge in [-0.3, -0.25) is 0 Å². The van der Waals surface area contributed by atoms with Gasteiger partial charge in [0.2, 0.25) is 11.3 Å². The molecule has 0 spiro atoms. The molecular weight excluding hydrogens is 686 g/mol. The summed E-state index contributed by atoms with van der Waals surface area (Å²) >= 11 is 0. The van der Waals surface area contributed by atoms with Crippen molar-refractivity contribution >= 4 is 0 Å². The summed E-state index contributed by atoms with van der Waals surface area (Å²) in [7, 11) is 0. The van der Waals surface area contributed by atoms with Gasteiger partial charge in [0.05, 0.1) is 0 Å². The van der Waals surface area contributed by atoms with Crippen LogP contribution in [0, 0.1) is 0 Å². The molecule has 0 bridgehead atoms. The van der Waals surface area contributed by atoms with Gasteiger partial charge in [-0.2, -0.15) is 87.8 Å². The third-order valence-corrected chi connectivity index (χ3v) is 8.20. The summed E-state index contributed by atoms with van der Waals surface area (Å²) in [4.78, 5) is 0. The minimum Gasteiger partial charge on any atom is -0.232 e. The first-order valence-electron chi connectivity index (χ1n) is 9.66. The first kappa shape index (κ1) is 33.1. The molecule has 0 amide bonds. The Morgan fingerprint density at radius 3 is 0.333 bits per heavy atom. The smallest absolute Gasteiger partial charge is 0.232 e. The Bertz CT molecular complexity index is 1080. The molecule has 0 heterocycles. The fourth-order valence-corrected chi connectivity index (χ4v) is 6.07. The van der Waals surface area contributed by atoms with E-state index < -0.39 is 93.2 Å². The maximum Gasteiger partial charge on any atom is 0.379 e. The topological polar surface area (TPSA) is 0 Å². The number of rotatable bonds is 0. The first-order chi connectivity index (χ1) is 17.8. The molecular formula is C16F26. The largest absolute Gasteiger partial charge is 0.379 e. The predicted molar refractivity (Wildman–Crippen MR) is 72.5 cm³/mol. The molecule has 246 valence electrons. The summed E-state index contributed by atoms with van der Waals surface area (Å²) in [5, 5.41) is 0. The van der Waals surface area contributed by atoms with Crippen LogP contribution in [0.25, 0.3) is 0 Å². The van der Waals surface area contributed by atoms with E-state index in [9.17, 15) is 87.8 Å². The minimum absolute atomic E-state index is 9.12. The fraction of sp³-hybridized carbons (Fsp3) is 1.00. The summed E-state index contributed by atoms with van der Waals surface area (Å²) in [6, 6.07) is 0. The SMILES string of the molecule is FC1(F)C(F)(F)C2(F)C(F)(F)C(F)(F)C3(F)C(F)(F)C(F)(F)C(F)(F)C4(F)C(F)(F)C(F)(F)C(F)(C1(F)F)C2(F)C34F. The van der Waals surface area contributed by atoms with Crippen molar-refractivity contribution in [3.05, 3.63) is 0 Å². The van der Waals surface area contributed by atoms with Gasteiger partial charge in [0.25, 0.3) is 22.7 Å². The van der Waals surface area contributed by atoms with Gasteiger partial charge in [0.15, 0.2) is 0 Å². The Morgan fingerprint density at radius 2 is 0.214 bits per heavy atom. The number of hydrogen-bond donors (Lipinski definition) is 0. The van der Waals surface area contributed by atoms with Crippen molar-refractivity contribution in [2.75, 3.05) is 0 Å². The second kappa shape index (κ2) is 6.44. The first-order valence-corrected chi connectivity index (χ1v) is 9.66. The summed E-state index contributed by atoms with van der Waals surface area (Å²) in [6.07, 6.45) is 0. The molecule has 26 heteroatoms. The van der Waals surface area contributed by atoms with Crippen LogP contribution in [0.2, 0.25) is 0 Å². The van der Waals surface area contributed by atoms with Crippen molar-refractivity contribution in [3.8, 4) is 0 Å². The molecule has 4 rings (SSSR count). The zero-order valence-electron chi connectivity index (χ0n) is 17.8. The summed E-state index contributed by atoms with van der Waals surface area (Å²) in [5.74, 6) is -93.8. The van der Waals surface area contributed by atoms with E-state index in [0.717, 1.165) is 0 Å². The highest BCUT2D eigenvalue weighted by Gasteiger charge is 3.26. The molecule has 4 aliphatic rings. The zero-order chi connectivity index (χ0) is 34.0. The van der Waals surface area contributed by atoms with E-state index in [0.29, 0.717) is 0 Å². The van der Waals surface area contributed by atoms with Crippen molar-refractivity contribution in [2.45, 2.75) is 93.2 Å². The summed E-state index contributed by atoms with van der Waals surface area (Å²) in [6.45, 7) is 0. The molecule has 0 radical (unpaired) electrons. The van der Waals surface area contributed by atoms with Gasteiger partial charge >= 0.3 is 59.2 Å². The van der Waals surface area contributed by atoms with Crippen LogP contribution >= 0.6 is 0 Å². The minimum atomic E-state index is -9.98. The lowest BCUT2D eigenvalue weighted by Gasteiger charge is -2.76. The van der Waals surface area contributed by atoms with Gasteiger partial charge in [0, 0.05) is 0 Å². The van der Waals surface area contributed by atoms with Crippen molar-refractivity contribution in [1.82, 2.24) is 0 Å².